The molecule has 0 aliphatic carbocycles. The Hall–Kier alpha value is -2.98. The maximum atomic E-state index is 11.8. The number of benzene rings is 2. The number of methoxy groups -OCH3 is 1. The Morgan fingerprint density at radius 3 is 2.74 bits per heavy atom. The molecule has 2 aromatic rings. The fourth-order valence-electron chi connectivity index (χ4n) is 2.10. The molecule has 2 rings (SSSR count). The van der Waals surface area contributed by atoms with Crippen LogP contribution in [0.4, 0.5) is 5.69 Å². The first-order valence-corrected chi connectivity index (χ1v) is 8.78. The number of aryl methyl sites for hydroxylation is 1. The van der Waals surface area contributed by atoms with Crippen LogP contribution in [0.15, 0.2) is 46.0 Å². The number of hydrogen-bond acceptors (Lipinski definition) is 5. The maximum Gasteiger partial charge on any atom is 0.265 e. The van der Waals surface area contributed by atoms with Gasteiger partial charge in [-0.3, -0.25) is 4.79 Å². The fourth-order valence-corrected chi connectivity index (χ4v) is 2.67. The quantitative estimate of drug-likeness (QED) is 0.393. The summed E-state index contributed by atoms with van der Waals surface area (Å²) in [5.74, 6) is 3.10. The smallest absolute Gasteiger partial charge is 0.265 e. The zero-order valence-electron chi connectivity index (χ0n) is 15.0. The first-order valence-electron chi connectivity index (χ1n) is 7.99. The number of anilines is 1. The molecule has 1 amide bonds. The number of amides is 1. The molecule has 0 spiro atoms. The van der Waals surface area contributed by atoms with E-state index in [1.807, 2.05) is 31.2 Å². The molecule has 0 fully saturated rings. The molecule has 27 heavy (non-hydrogen) atoms. The number of nitrogens with zero attached hydrogens (tertiary/aromatic N) is 1. The van der Waals surface area contributed by atoms with Crippen LogP contribution in [0, 0.1) is 19.3 Å². The van der Waals surface area contributed by atoms with Crippen LogP contribution in [0.5, 0.6) is 11.5 Å². The second-order valence-electron chi connectivity index (χ2n) is 5.45. The SMILES string of the molecule is C#CCOc1c(Br)cc(C=NOCC(=O)Nc2ccc(C)cc2)cc1OC. The lowest BCUT2D eigenvalue weighted by molar-refractivity contribution is -0.120. The Kier molecular flexibility index (Phi) is 7.71. The van der Waals surface area contributed by atoms with Gasteiger partial charge in [-0.15, -0.1) is 6.42 Å². The predicted octanol–water partition coefficient (Wildman–Crippen LogP) is 3.77. The van der Waals surface area contributed by atoms with Gasteiger partial charge in [-0.2, -0.15) is 0 Å². The third kappa shape index (κ3) is 6.35. The largest absolute Gasteiger partial charge is 0.493 e. The second kappa shape index (κ2) is 10.2. The number of carbonyl (C=O) groups excluding carboxylic acids is 1. The van der Waals surface area contributed by atoms with Gasteiger partial charge in [0.15, 0.2) is 18.1 Å². The number of ether oxygens (including phenoxy) is 2. The highest BCUT2D eigenvalue weighted by molar-refractivity contribution is 9.10. The minimum atomic E-state index is -0.298. The zero-order valence-corrected chi connectivity index (χ0v) is 16.6. The predicted molar refractivity (Wildman–Crippen MR) is 108 cm³/mol. The lowest BCUT2D eigenvalue weighted by atomic mass is 10.2. The van der Waals surface area contributed by atoms with Crippen LogP contribution in [0.1, 0.15) is 11.1 Å². The van der Waals surface area contributed by atoms with E-state index < -0.39 is 0 Å². The standard InChI is InChI=1S/C20H19BrN2O4/c1-4-9-26-20-17(21)10-15(11-18(20)25-3)12-22-27-13-19(24)23-16-7-5-14(2)6-8-16/h1,5-8,10-12H,9,13H2,2-3H3,(H,23,24). The molecule has 2 aromatic carbocycles. The topological polar surface area (TPSA) is 69.2 Å². The van der Waals surface area contributed by atoms with Crippen molar-refractivity contribution in [1.29, 1.82) is 0 Å². The molecular weight excluding hydrogens is 412 g/mol. The van der Waals surface area contributed by atoms with Crippen molar-refractivity contribution in [3.63, 3.8) is 0 Å². The maximum absolute atomic E-state index is 11.8. The number of oxime groups is 1. The summed E-state index contributed by atoms with van der Waals surface area (Å²) in [6, 6.07) is 11.0. The van der Waals surface area contributed by atoms with Gasteiger partial charge in [-0.25, -0.2) is 0 Å². The molecule has 0 aromatic heterocycles. The van der Waals surface area contributed by atoms with Crippen LogP contribution in [0.3, 0.4) is 0 Å². The normalized spacial score (nSPS) is 10.3. The lowest BCUT2D eigenvalue weighted by Gasteiger charge is -2.11. The van der Waals surface area contributed by atoms with Crippen molar-refractivity contribution >= 4 is 33.7 Å². The van der Waals surface area contributed by atoms with E-state index in [9.17, 15) is 4.79 Å². The van der Waals surface area contributed by atoms with E-state index in [-0.39, 0.29) is 19.1 Å². The monoisotopic (exact) mass is 430 g/mol. The van der Waals surface area contributed by atoms with Gasteiger partial charge in [0.1, 0.15) is 6.61 Å². The molecule has 0 heterocycles. The molecule has 0 aliphatic rings. The molecule has 0 unspecified atom stereocenters. The van der Waals surface area contributed by atoms with Gasteiger partial charge >= 0.3 is 0 Å². The number of rotatable bonds is 8. The third-order valence-electron chi connectivity index (χ3n) is 3.36. The van der Waals surface area contributed by atoms with Crippen LogP contribution < -0.4 is 14.8 Å². The average Bonchev–Trinajstić information content (AvgIpc) is 2.66. The van der Waals surface area contributed by atoms with Gasteiger partial charge in [0.2, 0.25) is 0 Å². The van der Waals surface area contributed by atoms with E-state index in [2.05, 4.69) is 32.3 Å². The summed E-state index contributed by atoms with van der Waals surface area (Å²) in [6.07, 6.45) is 6.68. The number of halogens is 1. The molecule has 1 N–H and O–H groups in total. The van der Waals surface area contributed by atoms with E-state index in [4.69, 9.17) is 20.7 Å². The molecule has 7 heteroatoms. The van der Waals surface area contributed by atoms with E-state index >= 15 is 0 Å². The van der Waals surface area contributed by atoms with Crippen molar-refractivity contribution in [2.75, 3.05) is 25.6 Å². The van der Waals surface area contributed by atoms with Crippen LogP contribution in [-0.4, -0.2) is 32.4 Å². The van der Waals surface area contributed by atoms with Crippen LogP contribution >= 0.6 is 15.9 Å². The van der Waals surface area contributed by atoms with Crippen molar-refractivity contribution in [3.05, 3.63) is 52.0 Å². The van der Waals surface area contributed by atoms with E-state index in [0.717, 1.165) is 5.56 Å². The Morgan fingerprint density at radius 1 is 1.33 bits per heavy atom. The van der Waals surface area contributed by atoms with Crippen molar-refractivity contribution < 1.29 is 19.1 Å². The first kappa shape index (κ1) is 20.3. The van der Waals surface area contributed by atoms with Crippen LogP contribution in [-0.2, 0) is 9.63 Å². The van der Waals surface area contributed by atoms with Gasteiger partial charge in [-0.05, 0) is 47.1 Å². The van der Waals surface area contributed by atoms with E-state index in [1.165, 1.54) is 13.3 Å². The van der Waals surface area contributed by atoms with Gasteiger partial charge < -0.3 is 19.6 Å². The number of hydrogen-bond donors (Lipinski definition) is 1. The third-order valence-corrected chi connectivity index (χ3v) is 3.95. The number of terminal acetylenes is 1. The summed E-state index contributed by atoms with van der Waals surface area (Å²) < 4.78 is 11.4. The Balaban J connectivity index is 1.91. The van der Waals surface area contributed by atoms with Crippen LogP contribution in [0.25, 0.3) is 0 Å². The van der Waals surface area contributed by atoms with Crippen molar-refractivity contribution in [1.82, 2.24) is 0 Å². The summed E-state index contributed by atoms with van der Waals surface area (Å²) in [5.41, 5.74) is 2.52. The first-order chi connectivity index (χ1) is 13.0. The second-order valence-corrected chi connectivity index (χ2v) is 6.30. The lowest BCUT2D eigenvalue weighted by Crippen LogP contribution is -2.16. The summed E-state index contributed by atoms with van der Waals surface area (Å²) in [5, 5.41) is 6.53. The minimum Gasteiger partial charge on any atom is -0.493 e. The van der Waals surface area contributed by atoms with Gasteiger partial charge in [-0.1, -0.05) is 28.8 Å². The summed E-state index contributed by atoms with van der Waals surface area (Å²) in [6.45, 7) is 1.90. The molecule has 0 radical (unpaired) electrons. The molecular formula is C20H19BrN2O4. The van der Waals surface area contributed by atoms with Gasteiger partial charge in [0.05, 0.1) is 17.8 Å². The van der Waals surface area contributed by atoms with E-state index in [1.54, 1.807) is 12.1 Å². The highest BCUT2D eigenvalue weighted by Crippen LogP contribution is 2.36. The Labute approximate surface area is 166 Å². The van der Waals surface area contributed by atoms with Crippen molar-refractivity contribution in [2.45, 2.75) is 6.92 Å². The average molecular weight is 431 g/mol. The molecule has 140 valence electrons. The van der Waals surface area contributed by atoms with E-state index in [0.29, 0.717) is 27.2 Å². The Morgan fingerprint density at radius 2 is 2.07 bits per heavy atom. The number of nitrogens with one attached hydrogen (secondary N) is 1. The molecule has 6 nitrogen and oxygen atoms in total. The van der Waals surface area contributed by atoms with Crippen molar-refractivity contribution in [3.8, 4) is 23.8 Å². The summed E-state index contributed by atoms with van der Waals surface area (Å²) >= 11 is 3.40. The fraction of sp³-hybridized carbons (Fsp3) is 0.200. The van der Waals surface area contributed by atoms with Gasteiger partial charge in [0, 0.05) is 11.3 Å². The zero-order chi connectivity index (χ0) is 19.6. The summed E-state index contributed by atoms with van der Waals surface area (Å²) in [7, 11) is 1.53. The minimum absolute atomic E-state index is 0.127. The molecule has 0 saturated carbocycles. The number of carbonyl (C=O) groups is 1. The summed E-state index contributed by atoms with van der Waals surface area (Å²) in [4.78, 5) is 16.9. The van der Waals surface area contributed by atoms with Crippen LogP contribution in [0.2, 0.25) is 0 Å². The highest BCUT2D eigenvalue weighted by Gasteiger charge is 2.11. The molecule has 0 bridgehead atoms. The highest BCUT2D eigenvalue weighted by atomic mass is 79.9. The van der Waals surface area contributed by atoms with Crippen molar-refractivity contribution in [2.24, 2.45) is 5.16 Å². The molecule has 0 atom stereocenters. The Bertz CT molecular complexity index is 858. The van der Waals surface area contributed by atoms with Gasteiger partial charge in [0.25, 0.3) is 5.91 Å². The molecule has 0 aliphatic heterocycles. The molecule has 0 saturated heterocycles.